The third kappa shape index (κ3) is 17.8. The molecule has 0 saturated heterocycles. The van der Waals surface area contributed by atoms with Crippen molar-refractivity contribution in [1.82, 2.24) is 42.4 Å². The van der Waals surface area contributed by atoms with E-state index in [0.717, 1.165) is 54.6 Å². The fraction of sp³-hybridized carbons (Fsp3) is 0.0870. The van der Waals surface area contributed by atoms with Gasteiger partial charge < -0.3 is 134 Å². The molecule has 0 fully saturated rings. The van der Waals surface area contributed by atoms with E-state index in [2.05, 4.69) is 62.8 Å². The summed E-state index contributed by atoms with van der Waals surface area (Å²) >= 11 is 0. The van der Waals surface area contributed by atoms with Crippen molar-refractivity contribution in [1.29, 1.82) is 0 Å². The van der Waals surface area contributed by atoms with E-state index in [1.54, 1.807) is 21.1 Å². The SMILES string of the molecule is Cn1cc(Nc2nc(Nc3cc(C(=O)Nc4cc(C(=O)Nc5ccc(P(=O)(O)O)c6cc(P(=O)(O)O)ccc56)n(C)c4)n(C)c3)nc(Nc3cc(C(=O)Nc4cc(C(=O)Nc5ccc(P(=O)(O)O)c6cc(P(=O)(O)O)ccc56)n(C)c4)n(C)c3)n2)cc1C(=O)Nc1cc(C(=O)Nc2ccc(P(=O)(O)O)c3cc(P(=O)(O)O)ccc23)n(C)c1. The van der Waals surface area contributed by atoms with Crippen LogP contribution in [0.25, 0.3) is 32.3 Å². The van der Waals surface area contributed by atoms with Crippen molar-refractivity contribution in [3.05, 3.63) is 199 Å². The summed E-state index contributed by atoms with van der Waals surface area (Å²) in [6, 6.07) is 24.6. The number of hydrogen-bond donors (Lipinski definition) is 21. The normalized spacial score (nSPS) is 12.3. The molecule has 0 aliphatic rings. The molecule has 0 atom stereocenters. The molecule has 13 aromatic rings. The van der Waals surface area contributed by atoms with Crippen LogP contribution >= 0.6 is 45.6 Å². The number of benzene rings is 6. The van der Waals surface area contributed by atoms with E-state index in [0.29, 0.717) is 0 Å². The second kappa shape index (κ2) is 30.8. The molecular formula is C69H66N18O24P6. The van der Waals surface area contributed by atoms with Crippen LogP contribution in [0.5, 0.6) is 0 Å². The van der Waals surface area contributed by atoms with E-state index < -0.39 is 113 Å². The van der Waals surface area contributed by atoms with Crippen molar-refractivity contribution in [2.75, 3.05) is 47.9 Å². The van der Waals surface area contributed by atoms with Gasteiger partial charge in [0.2, 0.25) is 17.8 Å². The van der Waals surface area contributed by atoms with Crippen LogP contribution < -0.4 is 79.7 Å². The van der Waals surface area contributed by atoms with Gasteiger partial charge in [-0.2, -0.15) is 15.0 Å². The van der Waals surface area contributed by atoms with Gasteiger partial charge in [-0.15, -0.1) is 0 Å². The minimum absolute atomic E-state index is 0.0113. The number of aromatic nitrogens is 9. The summed E-state index contributed by atoms with van der Waals surface area (Å²) < 4.78 is 82.2. The van der Waals surface area contributed by atoms with Crippen LogP contribution in [0.15, 0.2) is 165 Å². The van der Waals surface area contributed by atoms with E-state index in [1.165, 1.54) is 159 Å². The van der Waals surface area contributed by atoms with Gasteiger partial charge in [-0.3, -0.25) is 56.2 Å². The lowest BCUT2D eigenvalue weighted by Crippen LogP contribution is -2.17. The molecule has 606 valence electrons. The molecule has 117 heavy (non-hydrogen) atoms. The first-order chi connectivity index (χ1) is 54.6. The summed E-state index contributed by atoms with van der Waals surface area (Å²) in [5.74, 6) is -4.77. The van der Waals surface area contributed by atoms with Crippen molar-refractivity contribution in [3.8, 4) is 0 Å². The largest absolute Gasteiger partial charge is 0.356 e. The molecule has 6 aromatic carbocycles. The molecule has 0 spiro atoms. The molecule has 0 bridgehead atoms. The monoisotopic (exact) mass is 1720 g/mol. The molecule has 7 heterocycles. The zero-order chi connectivity index (χ0) is 84.8. The quantitative estimate of drug-likeness (QED) is 0.0357. The van der Waals surface area contributed by atoms with E-state index in [4.69, 9.17) is 0 Å². The minimum atomic E-state index is -5.00. The third-order valence-corrected chi connectivity index (χ3v) is 24.1. The molecular weight excluding hydrogens is 1650 g/mol. The average molecular weight is 1720 g/mol. The lowest BCUT2D eigenvalue weighted by Gasteiger charge is -2.15. The number of nitrogens with zero attached hydrogens (tertiary/aromatic N) is 9. The summed E-state index contributed by atoms with van der Waals surface area (Å²) in [5.41, 5.74) is 1.32. The first-order valence-electron chi connectivity index (χ1n) is 33.6. The van der Waals surface area contributed by atoms with E-state index in [9.17, 15) is 115 Å². The number of carbonyl (C=O) groups excluding carboxylic acids is 6. The van der Waals surface area contributed by atoms with Crippen LogP contribution in [0.3, 0.4) is 0 Å². The highest BCUT2D eigenvalue weighted by Gasteiger charge is 2.31. The zero-order valence-corrected chi connectivity index (χ0v) is 66.4. The minimum Gasteiger partial charge on any atom is -0.344 e. The number of aryl methyl sites for hydroxylation is 6. The Bertz CT molecular complexity index is 6070. The molecule has 0 radical (unpaired) electrons. The lowest BCUT2D eigenvalue weighted by atomic mass is 10.1. The van der Waals surface area contributed by atoms with Crippen LogP contribution in [-0.4, -0.2) is 137 Å². The molecule has 0 unspecified atom stereocenters. The van der Waals surface area contributed by atoms with Gasteiger partial charge in [0, 0.05) is 129 Å². The Balaban J connectivity index is 0.739. The Morgan fingerprint density at radius 3 is 0.675 bits per heavy atom. The van der Waals surface area contributed by atoms with Gasteiger partial charge in [-0.1, -0.05) is 18.2 Å². The van der Waals surface area contributed by atoms with Crippen molar-refractivity contribution in [2.24, 2.45) is 42.3 Å². The van der Waals surface area contributed by atoms with E-state index in [-0.39, 0.29) is 136 Å². The summed E-state index contributed by atoms with van der Waals surface area (Å²) in [6.45, 7) is 0. The highest BCUT2D eigenvalue weighted by atomic mass is 31.2. The van der Waals surface area contributed by atoms with Gasteiger partial charge in [0.25, 0.3) is 35.4 Å². The van der Waals surface area contributed by atoms with E-state index >= 15 is 0 Å². The Morgan fingerprint density at radius 1 is 0.256 bits per heavy atom. The van der Waals surface area contributed by atoms with Crippen molar-refractivity contribution >= 4 is 214 Å². The fourth-order valence-electron chi connectivity index (χ4n) is 12.8. The fourth-order valence-corrected chi connectivity index (χ4v) is 16.8. The maximum Gasteiger partial charge on any atom is 0.356 e. The Morgan fingerprint density at radius 2 is 0.462 bits per heavy atom. The number of nitrogens with one attached hydrogen (secondary N) is 9. The predicted molar refractivity (Wildman–Crippen MR) is 432 cm³/mol. The Kier molecular flexibility index (Phi) is 21.8. The van der Waals surface area contributed by atoms with Gasteiger partial charge in [0.1, 0.15) is 34.2 Å². The first-order valence-corrected chi connectivity index (χ1v) is 43.3. The Hall–Kier alpha value is -12.1. The van der Waals surface area contributed by atoms with Crippen LogP contribution in [0.4, 0.5) is 69.0 Å². The number of fused-ring (bicyclic) bond motifs is 3. The topological polar surface area (TPSA) is 624 Å². The standard InChI is InChI=1S/C69H66N18O24P6/c1-82-28-34(19-55(82)64(91)76-49-13-16-58(115(103,104)105)46-25-40(112(94,95)96)7-10-43(46)49)70-61(88)52-22-37(31-85(52)4)73-67-79-68(74-38-23-53(86(5)32-38)62(89)71-35-20-56(83(2)29-35)65(92)77-50-14-17-59(116(106,107)108)47-26-41(113(97,98)99)8-11-44(47)50)81-69(80-67)75-39-24-54(87(6)33-39)63(90)72-36-21-57(84(3)30-36)66(93)78-51-15-18-60(117(109,110)111)48-27-42(114(100,101)102)9-12-45(48)51/h7-33H,1-6H3,(H,70,88)(H,71,89)(H,72,90)(H,76,91)(H,77,92)(H,78,93)(H2,94,95,96)(H2,97,98,99)(H2,100,101,102)(H2,103,104,105)(H2,106,107,108)(H2,109,110,111)(H3,73,74,75,79,80,81). The second-order valence-corrected chi connectivity index (χ2v) is 36.1. The van der Waals surface area contributed by atoms with Gasteiger partial charge >= 0.3 is 45.6 Å². The van der Waals surface area contributed by atoms with Gasteiger partial charge in [0.15, 0.2) is 0 Å². The van der Waals surface area contributed by atoms with Crippen molar-refractivity contribution in [2.45, 2.75) is 0 Å². The van der Waals surface area contributed by atoms with Crippen LogP contribution in [0.2, 0.25) is 0 Å². The molecule has 48 heteroatoms. The van der Waals surface area contributed by atoms with E-state index in [1.807, 2.05) is 0 Å². The van der Waals surface area contributed by atoms with Gasteiger partial charge in [0.05, 0.1) is 66.0 Å². The summed E-state index contributed by atoms with van der Waals surface area (Å²) in [5, 5.41) is 21.6. The number of carbonyl (C=O) groups is 6. The van der Waals surface area contributed by atoms with Crippen molar-refractivity contribution in [3.63, 3.8) is 0 Å². The zero-order valence-electron chi connectivity index (χ0n) is 61.1. The van der Waals surface area contributed by atoms with Crippen LogP contribution in [0, 0.1) is 0 Å². The summed E-state index contributed by atoms with van der Waals surface area (Å²) in [6.07, 6.45) is 8.83. The maximum absolute atomic E-state index is 14.1. The van der Waals surface area contributed by atoms with Crippen LogP contribution in [0.1, 0.15) is 62.9 Å². The molecule has 0 aliphatic heterocycles. The second-order valence-electron chi connectivity index (χ2n) is 26.6. The molecule has 0 aliphatic carbocycles. The molecule has 21 N–H and O–H groups in total. The summed E-state index contributed by atoms with van der Waals surface area (Å²) in [4.78, 5) is 217. The number of amides is 6. The molecule has 13 rings (SSSR count). The molecule has 6 amide bonds. The highest BCUT2D eigenvalue weighted by molar-refractivity contribution is 7.62. The highest BCUT2D eigenvalue weighted by Crippen LogP contribution is 2.45. The van der Waals surface area contributed by atoms with Crippen LogP contribution in [-0.2, 0) is 69.7 Å². The molecule has 42 nitrogen and oxygen atoms in total. The average Bonchev–Trinajstić information content (AvgIpc) is 1.64. The molecule has 7 aromatic heterocycles. The van der Waals surface area contributed by atoms with Crippen molar-refractivity contribution < 1.29 is 115 Å². The number of anilines is 12. The number of hydrogen-bond acceptors (Lipinski definition) is 18. The van der Waals surface area contributed by atoms with Gasteiger partial charge in [-0.25, -0.2) is 0 Å². The van der Waals surface area contributed by atoms with Gasteiger partial charge in [-0.05, 0) is 109 Å². The number of rotatable bonds is 24. The smallest absolute Gasteiger partial charge is 0.344 e. The lowest BCUT2D eigenvalue weighted by molar-refractivity contribution is 0.101. The predicted octanol–water partition coefficient (Wildman–Crippen LogP) is 4.92. The maximum atomic E-state index is 14.1. The Labute approximate surface area is 657 Å². The third-order valence-electron chi connectivity index (χ3n) is 18.2. The first kappa shape index (κ1) is 82.9. The molecule has 0 saturated carbocycles. The summed E-state index contributed by atoms with van der Waals surface area (Å²) in [7, 11) is -20.5.